The molecular formula is C59H38N2. The van der Waals surface area contributed by atoms with Gasteiger partial charge in [0.1, 0.15) is 0 Å². The Labute approximate surface area is 353 Å². The molecule has 12 aromatic rings. The third kappa shape index (κ3) is 4.79. The van der Waals surface area contributed by atoms with E-state index in [0.29, 0.717) is 0 Å². The van der Waals surface area contributed by atoms with Gasteiger partial charge in [-0.2, -0.15) is 0 Å². The Morgan fingerprint density at radius 2 is 0.869 bits per heavy atom. The zero-order chi connectivity index (χ0) is 40.1. The van der Waals surface area contributed by atoms with E-state index >= 15 is 0 Å². The molecule has 0 radical (unpaired) electrons. The number of nitrogens with zero attached hydrogens (tertiary/aromatic N) is 2. The SMILES string of the molecule is c1ccc(-n2c3ccc(-c4ccc5c(c4)c4ccccc4n5-c4ccc5ccccc5c4)cc3c3c4c(ccc32)C(c2ccccc2)(c2ccccc2)c2ccccc2-4)cc1. The van der Waals surface area contributed by atoms with Gasteiger partial charge < -0.3 is 9.13 Å². The predicted molar refractivity (Wildman–Crippen MR) is 255 cm³/mol. The smallest absolute Gasteiger partial charge is 0.0713 e. The average molecular weight is 775 g/mol. The Bertz CT molecular complexity index is 3650. The normalized spacial score (nSPS) is 13.0. The first-order valence-corrected chi connectivity index (χ1v) is 21.2. The number of aromatic nitrogens is 2. The van der Waals surface area contributed by atoms with Crippen molar-refractivity contribution in [2.24, 2.45) is 0 Å². The molecule has 0 unspecified atom stereocenters. The van der Waals surface area contributed by atoms with Crippen molar-refractivity contribution in [3.05, 3.63) is 253 Å². The van der Waals surface area contributed by atoms with Gasteiger partial charge in [0.2, 0.25) is 0 Å². The van der Waals surface area contributed by atoms with Gasteiger partial charge >= 0.3 is 0 Å². The molecular weight excluding hydrogens is 737 g/mol. The zero-order valence-electron chi connectivity index (χ0n) is 33.3. The van der Waals surface area contributed by atoms with E-state index in [1.165, 1.54) is 105 Å². The third-order valence-corrected chi connectivity index (χ3v) is 13.4. The van der Waals surface area contributed by atoms with Gasteiger partial charge in [0.25, 0.3) is 0 Å². The van der Waals surface area contributed by atoms with Crippen LogP contribution in [0, 0.1) is 0 Å². The molecule has 0 spiro atoms. The van der Waals surface area contributed by atoms with Crippen LogP contribution < -0.4 is 0 Å². The largest absolute Gasteiger partial charge is 0.309 e. The molecule has 13 rings (SSSR count). The van der Waals surface area contributed by atoms with Crippen molar-refractivity contribution < 1.29 is 0 Å². The quantitative estimate of drug-likeness (QED) is 0.165. The van der Waals surface area contributed by atoms with Crippen molar-refractivity contribution in [3.8, 4) is 33.6 Å². The molecule has 2 heterocycles. The second kappa shape index (κ2) is 13.0. The molecule has 1 aliphatic rings. The summed E-state index contributed by atoms with van der Waals surface area (Å²) in [5.74, 6) is 0. The fraction of sp³-hybridized carbons (Fsp3) is 0.0169. The number of rotatable bonds is 5. The van der Waals surface area contributed by atoms with Crippen LogP contribution in [0.1, 0.15) is 22.3 Å². The lowest BCUT2D eigenvalue weighted by Crippen LogP contribution is -2.28. The summed E-state index contributed by atoms with van der Waals surface area (Å²) in [6, 6.07) is 85.3. The zero-order valence-corrected chi connectivity index (χ0v) is 33.3. The van der Waals surface area contributed by atoms with E-state index in [0.717, 1.165) is 5.69 Å². The van der Waals surface area contributed by atoms with Crippen LogP contribution in [-0.2, 0) is 5.41 Å². The molecule has 61 heavy (non-hydrogen) atoms. The number of para-hydroxylation sites is 2. The van der Waals surface area contributed by atoms with Gasteiger partial charge in [-0.3, -0.25) is 0 Å². The number of fused-ring (bicyclic) bond motifs is 11. The van der Waals surface area contributed by atoms with E-state index < -0.39 is 5.41 Å². The van der Waals surface area contributed by atoms with E-state index in [4.69, 9.17) is 0 Å². The fourth-order valence-electron chi connectivity index (χ4n) is 10.8. The highest BCUT2D eigenvalue weighted by atomic mass is 15.0. The highest BCUT2D eigenvalue weighted by molar-refractivity contribution is 6.19. The monoisotopic (exact) mass is 774 g/mol. The maximum Gasteiger partial charge on any atom is 0.0713 e. The van der Waals surface area contributed by atoms with Crippen molar-refractivity contribution in [2.75, 3.05) is 0 Å². The van der Waals surface area contributed by atoms with Gasteiger partial charge in [-0.05, 0) is 116 Å². The molecule has 0 atom stereocenters. The molecule has 0 saturated carbocycles. The number of hydrogen-bond donors (Lipinski definition) is 0. The molecule has 0 bridgehead atoms. The molecule has 1 aliphatic carbocycles. The maximum atomic E-state index is 2.46. The van der Waals surface area contributed by atoms with Gasteiger partial charge in [0, 0.05) is 32.9 Å². The lowest BCUT2D eigenvalue weighted by molar-refractivity contribution is 0.769. The topological polar surface area (TPSA) is 9.86 Å². The summed E-state index contributed by atoms with van der Waals surface area (Å²) in [6.45, 7) is 0. The van der Waals surface area contributed by atoms with Crippen LogP contribution in [0.4, 0.5) is 0 Å². The summed E-state index contributed by atoms with van der Waals surface area (Å²) in [4.78, 5) is 0. The second-order valence-corrected chi connectivity index (χ2v) is 16.4. The predicted octanol–water partition coefficient (Wildman–Crippen LogP) is 15.1. The van der Waals surface area contributed by atoms with Crippen LogP contribution in [0.25, 0.3) is 88.0 Å². The van der Waals surface area contributed by atoms with E-state index in [-0.39, 0.29) is 0 Å². The molecule has 2 nitrogen and oxygen atoms in total. The minimum Gasteiger partial charge on any atom is -0.309 e. The number of benzene rings is 10. The first kappa shape index (κ1) is 34.0. The Kier molecular flexibility index (Phi) is 7.26. The summed E-state index contributed by atoms with van der Waals surface area (Å²) in [6.07, 6.45) is 0. The summed E-state index contributed by atoms with van der Waals surface area (Å²) in [5, 5.41) is 7.52. The minimum absolute atomic E-state index is 0.480. The molecule has 284 valence electrons. The molecule has 10 aromatic carbocycles. The first-order chi connectivity index (χ1) is 30.3. The molecule has 2 aromatic heterocycles. The van der Waals surface area contributed by atoms with E-state index in [2.05, 4.69) is 240 Å². The first-order valence-electron chi connectivity index (χ1n) is 21.2. The summed E-state index contributed by atoms with van der Waals surface area (Å²) < 4.78 is 4.88. The van der Waals surface area contributed by atoms with Crippen molar-refractivity contribution >= 4 is 54.4 Å². The van der Waals surface area contributed by atoms with Crippen LogP contribution in [0.15, 0.2) is 231 Å². The Morgan fingerprint density at radius 1 is 0.311 bits per heavy atom. The fourth-order valence-corrected chi connectivity index (χ4v) is 10.8. The van der Waals surface area contributed by atoms with Crippen LogP contribution in [0.3, 0.4) is 0 Å². The average Bonchev–Trinajstić information content (AvgIpc) is 3.96. The van der Waals surface area contributed by atoms with E-state index in [1.807, 2.05) is 0 Å². The van der Waals surface area contributed by atoms with E-state index in [9.17, 15) is 0 Å². The maximum absolute atomic E-state index is 2.46. The van der Waals surface area contributed by atoms with Crippen LogP contribution >= 0.6 is 0 Å². The van der Waals surface area contributed by atoms with Crippen LogP contribution in [-0.4, -0.2) is 9.13 Å². The molecule has 0 N–H and O–H groups in total. The second-order valence-electron chi connectivity index (χ2n) is 16.4. The van der Waals surface area contributed by atoms with Crippen LogP contribution in [0.2, 0.25) is 0 Å². The summed E-state index contributed by atoms with van der Waals surface area (Å²) in [5.41, 5.74) is 16.8. The lowest BCUT2D eigenvalue weighted by atomic mass is 9.67. The van der Waals surface area contributed by atoms with Crippen molar-refractivity contribution in [3.63, 3.8) is 0 Å². The van der Waals surface area contributed by atoms with Gasteiger partial charge in [0.05, 0.1) is 27.5 Å². The molecule has 2 heteroatoms. The van der Waals surface area contributed by atoms with Gasteiger partial charge in [-0.15, -0.1) is 0 Å². The van der Waals surface area contributed by atoms with Gasteiger partial charge in [-0.1, -0.05) is 170 Å². The molecule has 0 saturated heterocycles. The highest BCUT2D eigenvalue weighted by Crippen LogP contribution is 2.59. The van der Waals surface area contributed by atoms with Crippen molar-refractivity contribution in [1.82, 2.24) is 9.13 Å². The lowest BCUT2D eigenvalue weighted by Gasteiger charge is -2.33. The van der Waals surface area contributed by atoms with Gasteiger partial charge in [0.15, 0.2) is 0 Å². The van der Waals surface area contributed by atoms with Gasteiger partial charge in [-0.25, -0.2) is 0 Å². The Balaban J connectivity index is 1.09. The third-order valence-electron chi connectivity index (χ3n) is 13.4. The number of hydrogen-bond acceptors (Lipinski definition) is 0. The minimum atomic E-state index is -0.480. The molecule has 0 amide bonds. The summed E-state index contributed by atoms with van der Waals surface area (Å²) in [7, 11) is 0. The Hall–Kier alpha value is -7.94. The molecule has 0 aliphatic heterocycles. The summed E-state index contributed by atoms with van der Waals surface area (Å²) >= 11 is 0. The standard InChI is InChI=1S/C59H38N2/c1-4-18-43(19-5-1)59(44-20-6-2-7-21-44)51-26-14-12-25-48(51)57-52(59)32-35-56-58(57)50-38-42(30-34-55(50)60(56)45-22-8-3-9-23-45)41-29-33-54-49(37-41)47-24-13-15-27-53(47)61(54)46-31-28-39-16-10-11-17-40(39)36-46/h1-38H. The van der Waals surface area contributed by atoms with Crippen molar-refractivity contribution in [1.29, 1.82) is 0 Å². The molecule has 0 fully saturated rings. The van der Waals surface area contributed by atoms with Crippen LogP contribution in [0.5, 0.6) is 0 Å². The van der Waals surface area contributed by atoms with E-state index in [1.54, 1.807) is 0 Å². The Morgan fingerprint density at radius 3 is 1.62 bits per heavy atom. The highest BCUT2D eigenvalue weighted by Gasteiger charge is 2.47. The van der Waals surface area contributed by atoms with Crippen molar-refractivity contribution in [2.45, 2.75) is 5.41 Å².